The number of hydrogen-bond donors (Lipinski definition) is 1. The van der Waals surface area contributed by atoms with Crippen molar-refractivity contribution < 1.29 is 4.79 Å². The number of fused-ring (bicyclic) bond motifs is 1. The number of halogens is 1. The fourth-order valence-electron chi connectivity index (χ4n) is 3.29. The number of nitrogens with one attached hydrogen (secondary N) is 1. The molecule has 4 nitrogen and oxygen atoms in total. The molecule has 1 atom stereocenters. The monoisotopic (exact) mass is 293 g/mol. The molecule has 1 aliphatic carbocycles. The number of aromatic nitrogens is 1. The summed E-state index contributed by atoms with van der Waals surface area (Å²) in [7, 11) is 0. The molecule has 2 heterocycles. The number of carbonyl (C=O) groups is 1. The molecule has 0 saturated heterocycles. The summed E-state index contributed by atoms with van der Waals surface area (Å²) < 4.78 is 0. The van der Waals surface area contributed by atoms with Crippen LogP contribution in [0.4, 0.5) is 11.5 Å². The predicted molar refractivity (Wildman–Crippen MR) is 81.3 cm³/mol. The van der Waals surface area contributed by atoms with Gasteiger partial charge in [-0.15, -0.1) is 0 Å². The molecule has 2 aliphatic rings. The van der Waals surface area contributed by atoms with E-state index in [-0.39, 0.29) is 11.9 Å². The van der Waals surface area contributed by atoms with E-state index in [1.807, 2.05) is 13.0 Å². The highest BCUT2D eigenvalue weighted by atomic mass is 35.5. The lowest BCUT2D eigenvalue weighted by atomic mass is 10.0. The molecule has 1 amide bonds. The van der Waals surface area contributed by atoms with Gasteiger partial charge in [-0.25, -0.2) is 4.98 Å². The minimum atomic E-state index is -0.184. The maximum atomic E-state index is 12.2. The summed E-state index contributed by atoms with van der Waals surface area (Å²) >= 11 is 6.05. The first kappa shape index (κ1) is 13.7. The van der Waals surface area contributed by atoms with Crippen molar-refractivity contribution in [1.29, 1.82) is 0 Å². The Morgan fingerprint density at radius 2 is 1.95 bits per heavy atom. The number of carbonyl (C=O) groups excluding carboxylic acids is 1. The zero-order chi connectivity index (χ0) is 14.1. The lowest BCUT2D eigenvalue weighted by Gasteiger charge is -2.40. The molecule has 0 radical (unpaired) electrons. The lowest BCUT2D eigenvalue weighted by molar-refractivity contribution is -0.117. The van der Waals surface area contributed by atoms with E-state index in [1.54, 1.807) is 6.07 Å². The van der Waals surface area contributed by atoms with Crippen molar-refractivity contribution in [3.8, 4) is 0 Å². The van der Waals surface area contributed by atoms with Gasteiger partial charge in [0.15, 0.2) is 5.82 Å². The molecular formula is C15H20ClN3O. The largest absolute Gasteiger partial charge is 0.340 e. The molecule has 0 spiro atoms. The van der Waals surface area contributed by atoms with Crippen molar-refractivity contribution >= 4 is 29.0 Å². The van der Waals surface area contributed by atoms with Crippen LogP contribution in [-0.4, -0.2) is 23.0 Å². The summed E-state index contributed by atoms with van der Waals surface area (Å²) in [5.41, 5.74) is 0.779. The Bertz CT molecular complexity index is 512. The van der Waals surface area contributed by atoms with Gasteiger partial charge >= 0.3 is 0 Å². The first-order chi connectivity index (χ1) is 9.66. The van der Waals surface area contributed by atoms with Gasteiger partial charge in [0.05, 0.1) is 5.69 Å². The van der Waals surface area contributed by atoms with Crippen LogP contribution in [0.5, 0.6) is 0 Å². The number of pyridine rings is 1. The van der Waals surface area contributed by atoms with Crippen LogP contribution >= 0.6 is 11.6 Å². The van der Waals surface area contributed by atoms with Gasteiger partial charge < -0.3 is 10.2 Å². The zero-order valence-electron chi connectivity index (χ0n) is 11.7. The van der Waals surface area contributed by atoms with E-state index in [4.69, 9.17) is 11.6 Å². The van der Waals surface area contributed by atoms with E-state index >= 15 is 0 Å². The SMILES string of the molecule is C[C@H]1C(=O)Nc2ccc(Cl)nc2N1C1CCCCCC1. The van der Waals surface area contributed by atoms with Gasteiger partial charge in [0.25, 0.3) is 0 Å². The summed E-state index contributed by atoms with van der Waals surface area (Å²) in [5.74, 6) is 0.877. The highest BCUT2D eigenvalue weighted by Crippen LogP contribution is 2.36. The molecule has 1 aliphatic heterocycles. The first-order valence-electron chi connectivity index (χ1n) is 7.42. The van der Waals surface area contributed by atoms with Crippen molar-refractivity contribution in [3.05, 3.63) is 17.3 Å². The van der Waals surface area contributed by atoms with E-state index in [0.29, 0.717) is 11.2 Å². The highest BCUT2D eigenvalue weighted by molar-refractivity contribution is 6.29. The third-order valence-corrected chi connectivity index (χ3v) is 4.57. The minimum Gasteiger partial charge on any atom is -0.340 e. The number of hydrogen-bond acceptors (Lipinski definition) is 3. The average molecular weight is 294 g/mol. The van der Waals surface area contributed by atoms with Crippen molar-refractivity contribution in [2.75, 3.05) is 10.2 Å². The molecular weight excluding hydrogens is 274 g/mol. The topological polar surface area (TPSA) is 45.2 Å². The van der Waals surface area contributed by atoms with Crippen LogP contribution in [0.15, 0.2) is 12.1 Å². The van der Waals surface area contributed by atoms with Crippen molar-refractivity contribution in [2.45, 2.75) is 57.5 Å². The van der Waals surface area contributed by atoms with Crippen LogP contribution in [0.25, 0.3) is 0 Å². The van der Waals surface area contributed by atoms with Crippen molar-refractivity contribution in [3.63, 3.8) is 0 Å². The van der Waals surface area contributed by atoms with Gasteiger partial charge in [0.1, 0.15) is 11.2 Å². The fourth-order valence-corrected chi connectivity index (χ4v) is 3.43. The number of nitrogens with zero attached hydrogens (tertiary/aromatic N) is 2. The summed E-state index contributed by atoms with van der Waals surface area (Å²) in [6.07, 6.45) is 7.30. The molecule has 0 bridgehead atoms. The molecule has 1 saturated carbocycles. The van der Waals surface area contributed by atoms with Gasteiger partial charge in [0.2, 0.25) is 5.91 Å². The third-order valence-electron chi connectivity index (χ3n) is 4.36. The summed E-state index contributed by atoms with van der Waals surface area (Å²) in [6, 6.07) is 3.78. The molecule has 0 aromatic carbocycles. The molecule has 108 valence electrons. The molecule has 0 unspecified atom stereocenters. The molecule has 20 heavy (non-hydrogen) atoms. The Labute approximate surface area is 124 Å². The Kier molecular flexibility index (Phi) is 3.83. The van der Waals surface area contributed by atoms with Crippen molar-refractivity contribution in [1.82, 2.24) is 4.98 Å². The zero-order valence-corrected chi connectivity index (χ0v) is 12.5. The second-order valence-electron chi connectivity index (χ2n) is 5.72. The van der Waals surface area contributed by atoms with Gasteiger partial charge in [-0.1, -0.05) is 37.3 Å². The Balaban J connectivity index is 1.99. The Morgan fingerprint density at radius 1 is 1.25 bits per heavy atom. The smallest absolute Gasteiger partial charge is 0.246 e. The maximum absolute atomic E-state index is 12.2. The molecule has 1 aromatic rings. The van der Waals surface area contributed by atoms with Crippen LogP contribution in [0.3, 0.4) is 0 Å². The van der Waals surface area contributed by atoms with Crippen molar-refractivity contribution in [2.24, 2.45) is 0 Å². The van der Waals surface area contributed by atoms with Gasteiger partial charge in [-0.3, -0.25) is 4.79 Å². The molecule has 5 heteroatoms. The normalized spacial score (nSPS) is 24.0. The van der Waals surface area contributed by atoms with E-state index in [9.17, 15) is 4.79 Å². The maximum Gasteiger partial charge on any atom is 0.246 e. The van der Waals surface area contributed by atoms with E-state index < -0.39 is 0 Å². The third kappa shape index (κ3) is 2.49. The molecule has 1 N–H and O–H groups in total. The summed E-state index contributed by atoms with van der Waals surface area (Å²) in [4.78, 5) is 18.8. The van der Waals surface area contributed by atoms with Crippen LogP contribution < -0.4 is 10.2 Å². The van der Waals surface area contributed by atoms with E-state index in [0.717, 1.165) is 24.3 Å². The quantitative estimate of drug-likeness (QED) is 0.635. The number of rotatable bonds is 1. The summed E-state index contributed by atoms with van der Waals surface area (Å²) in [6.45, 7) is 1.95. The first-order valence-corrected chi connectivity index (χ1v) is 7.80. The van der Waals surface area contributed by atoms with Crippen LogP contribution in [-0.2, 0) is 4.79 Å². The van der Waals surface area contributed by atoms with Gasteiger partial charge in [-0.2, -0.15) is 0 Å². The second-order valence-corrected chi connectivity index (χ2v) is 6.11. The second kappa shape index (κ2) is 5.60. The van der Waals surface area contributed by atoms with Crippen LogP contribution in [0.1, 0.15) is 45.4 Å². The Morgan fingerprint density at radius 3 is 2.65 bits per heavy atom. The van der Waals surface area contributed by atoms with Crippen LogP contribution in [0.2, 0.25) is 5.15 Å². The standard InChI is InChI=1S/C15H20ClN3O/c1-10-15(20)17-12-8-9-13(16)18-14(12)19(10)11-6-4-2-3-5-7-11/h8-11H,2-7H2,1H3,(H,17,20)/t10-/m0/s1. The lowest BCUT2D eigenvalue weighted by Crippen LogP contribution is -2.51. The molecule has 1 aromatic heterocycles. The number of anilines is 2. The predicted octanol–water partition coefficient (Wildman–Crippen LogP) is 3.60. The number of amides is 1. The average Bonchev–Trinajstić information content (AvgIpc) is 2.70. The molecule has 1 fully saturated rings. The summed E-state index contributed by atoms with van der Waals surface area (Å²) in [5, 5.41) is 3.40. The van der Waals surface area contributed by atoms with E-state index in [1.165, 1.54) is 25.7 Å². The van der Waals surface area contributed by atoms with Gasteiger partial charge in [-0.05, 0) is 31.9 Å². The Hall–Kier alpha value is -1.29. The van der Waals surface area contributed by atoms with Crippen LogP contribution in [0, 0.1) is 0 Å². The van der Waals surface area contributed by atoms with Gasteiger partial charge in [0, 0.05) is 6.04 Å². The minimum absolute atomic E-state index is 0.0471. The fraction of sp³-hybridized carbons (Fsp3) is 0.600. The highest BCUT2D eigenvalue weighted by Gasteiger charge is 2.35. The molecule has 3 rings (SSSR count). The van der Waals surface area contributed by atoms with E-state index in [2.05, 4.69) is 15.2 Å².